The van der Waals surface area contributed by atoms with Crippen molar-refractivity contribution in [2.45, 2.75) is 51.0 Å². The molecule has 21 heavy (non-hydrogen) atoms. The average Bonchev–Trinajstić information content (AvgIpc) is 2.87. The molecule has 1 aliphatic carbocycles. The van der Waals surface area contributed by atoms with Gasteiger partial charge in [0.1, 0.15) is 18.2 Å². The number of hydrogen-bond acceptors (Lipinski definition) is 6. The van der Waals surface area contributed by atoms with Crippen LogP contribution < -0.4 is 10.6 Å². The third-order valence-electron chi connectivity index (χ3n) is 3.54. The van der Waals surface area contributed by atoms with E-state index in [4.69, 9.17) is 4.74 Å². The van der Waals surface area contributed by atoms with Crippen LogP contribution in [0, 0.1) is 0 Å². The number of anilines is 2. The fourth-order valence-corrected chi connectivity index (χ4v) is 3.85. The van der Waals surface area contributed by atoms with Crippen molar-refractivity contribution in [2.24, 2.45) is 0 Å². The van der Waals surface area contributed by atoms with E-state index in [2.05, 4.69) is 46.2 Å². The molecule has 1 fully saturated rings. The first-order chi connectivity index (χ1) is 10.2. The molecule has 0 aromatic carbocycles. The van der Waals surface area contributed by atoms with Gasteiger partial charge in [-0.15, -0.1) is 0 Å². The molecular weight excluding hydrogens is 284 g/mol. The number of nitrogens with one attached hydrogen (secondary N) is 2. The molecule has 1 aromatic heterocycles. The van der Waals surface area contributed by atoms with E-state index in [0.29, 0.717) is 12.6 Å². The van der Waals surface area contributed by atoms with E-state index in [-0.39, 0.29) is 0 Å². The van der Waals surface area contributed by atoms with Gasteiger partial charge >= 0.3 is 0 Å². The first-order valence-electron chi connectivity index (χ1n) is 7.74. The molecule has 1 saturated carbocycles. The second-order valence-electron chi connectivity index (χ2n) is 5.25. The highest BCUT2D eigenvalue weighted by molar-refractivity contribution is 7.99. The second kappa shape index (κ2) is 8.44. The van der Waals surface area contributed by atoms with Gasteiger partial charge in [0.25, 0.3) is 0 Å². The van der Waals surface area contributed by atoms with Crippen LogP contribution in [0.4, 0.5) is 11.6 Å². The van der Waals surface area contributed by atoms with Crippen LogP contribution >= 0.6 is 11.8 Å². The number of thioether (sulfide) groups is 1. The lowest BCUT2D eigenvalue weighted by molar-refractivity contribution is 0.178. The van der Waals surface area contributed by atoms with E-state index < -0.39 is 0 Å². The average molecular weight is 310 g/mol. The minimum Gasteiger partial charge on any atom is -0.377 e. The molecule has 6 heteroatoms. The van der Waals surface area contributed by atoms with Gasteiger partial charge in [-0.1, -0.05) is 6.92 Å². The number of ether oxygens (including phenoxy) is 1. The van der Waals surface area contributed by atoms with Gasteiger partial charge < -0.3 is 15.4 Å². The van der Waals surface area contributed by atoms with E-state index >= 15 is 0 Å². The summed E-state index contributed by atoms with van der Waals surface area (Å²) in [6, 6.07) is 2.51. The van der Waals surface area contributed by atoms with Crippen LogP contribution in [0.25, 0.3) is 0 Å². The molecule has 1 aliphatic rings. The van der Waals surface area contributed by atoms with Gasteiger partial charge in [0.2, 0.25) is 0 Å². The van der Waals surface area contributed by atoms with Crippen LogP contribution in [0.3, 0.4) is 0 Å². The van der Waals surface area contributed by atoms with Crippen LogP contribution in [-0.4, -0.2) is 40.7 Å². The van der Waals surface area contributed by atoms with Crippen molar-refractivity contribution in [1.29, 1.82) is 0 Å². The zero-order chi connectivity index (χ0) is 15.1. The Bertz CT molecular complexity index is 419. The smallest absolute Gasteiger partial charge is 0.158 e. The molecule has 1 aromatic rings. The number of aromatic nitrogens is 2. The molecule has 5 nitrogen and oxygen atoms in total. The molecule has 2 atom stereocenters. The summed E-state index contributed by atoms with van der Waals surface area (Å²) in [6.07, 6.45) is 3.74. The van der Waals surface area contributed by atoms with E-state index in [0.717, 1.165) is 29.3 Å². The van der Waals surface area contributed by atoms with E-state index in [9.17, 15) is 0 Å². The van der Waals surface area contributed by atoms with Crippen LogP contribution in [-0.2, 0) is 11.3 Å². The maximum absolute atomic E-state index is 5.15. The summed E-state index contributed by atoms with van der Waals surface area (Å²) in [4.78, 5) is 8.99. The Morgan fingerprint density at radius 1 is 1.29 bits per heavy atom. The van der Waals surface area contributed by atoms with Crippen LogP contribution in [0.5, 0.6) is 0 Å². The van der Waals surface area contributed by atoms with Crippen LogP contribution in [0.1, 0.15) is 38.9 Å². The van der Waals surface area contributed by atoms with Crippen molar-refractivity contribution < 1.29 is 4.74 Å². The monoisotopic (exact) mass is 310 g/mol. The van der Waals surface area contributed by atoms with E-state index in [1.807, 2.05) is 6.07 Å². The first kappa shape index (κ1) is 16.4. The Labute approximate surface area is 131 Å². The number of hydrogen-bond donors (Lipinski definition) is 2. The van der Waals surface area contributed by atoms with Crippen LogP contribution in [0.2, 0.25) is 0 Å². The van der Waals surface area contributed by atoms with Gasteiger partial charge in [0.15, 0.2) is 5.82 Å². The summed E-state index contributed by atoms with van der Waals surface area (Å²) in [5.74, 6) is 3.68. The molecule has 1 heterocycles. The number of methoxy groups -OCH3 is 1. The molecule has 2 N–H and O–H groups in total. The highest BCUT2D eigenvalue weighted by Crippen LogP contribution is 2.31. The number of nitrogens with zero attached hydrogens (tertiary/aromatic N) is 2. The predicted molar refractivity (Wildman–Crippen MR) is 90.1 cm³/mol. The third-order valence-corrected chi connectivity index (χ3v) is 4.78. The van der Waals surface area contributed by atoms with Gasteiger partial charge in [-0.2, -0.15) is 11.8 Å². The molecule has 0 aliphatic heterocycles. The summed E-state index contributed by atoms with van der Waals surface area (Å²) in [6.45, 7) is 5.58. The molecule has 118 valence electrons. The molecule has 0 amide bonds. The Kier molecular flexibility index (Phi) is 6.57. The predicted octanol–water partition coefficient (Wildman–Crippen LogP) is 3.14. The summed E-state index contributed by atoms with van der Waals surface area (Å²) >= 11 is 2.07. The van der Waals surface area contributed by atoms with Gasteiger partial charge in [0.05, 0.1) is 0 Å². The topological polar surface area (TPSA) is 59.1 Å². The molecule has 2 rings (SSSR count). The highest BCUT2D eigenvalue weighted by Gasteiger charge is 2.24. The van der Waals surface area contributed by atoms with Crippen molar-refractivity contribution in [2.75, 3.05) is 30.0 Å². The normalized spacial score (nSPS) is 21.5. The summed E-state index contributed by atoms with van der Waals surface area (Å²) < 4.78 is 5.15. The summed E-state index contributed by atoms with van der Waals surface area (Å²) in [7, 11) is 1.67. The second-order valence-corrected chi connectivity index (χ2v) is 6.83. The van der Waals surface area contributed by atoms with Crippen molar-refractivity contribution in [3.63, 3.8) is 0 Å². The standard InChI is InChI=1S/C15H26N4OS/c1-4-16-13-9-14(19-15(18-13)10-20-3)17-11-6-7-12(8-11)21-5-2/h9,11-12H,4-8,10H2,1-3H3,(H2,16,17,18,19). The lowest BCUT2D eigenvalue weighted by Gasteiger charge is -2.15. The Morgan fingerprint density at radius 2 is 2.10 bits per heavy atom. The Morgan fingerprint density at radius 3 is 2.81 bits per heavy atom. The summed E-state index contributed by atoms with van der Waals surface area (Å²) in [5.41, 5.74) is 0. The minimum atomic E-state index is 0.437. The summed E-state index contributed by atoms with van der Waals surface area (Å²) in [5, 5.41) is 7.61. The van der Waals surface area contributed by atoms with Gasteiger partial charge in [-0.05, 0) is 31.9 Å². The van der Waals surface area contributed by atoms with Gasteiger partial charge in [0, 0.05) is 31.0 Å². The largest absolute Gasteiger partial charge is 0.377 e. The lowest BCUT2D eigenvalue weighted by atomic mass is 10.2. The van der Waals surface area contributed by atoms with Crippen molar-refractivity contribution in [3.05, 3.63) is 11.9 Å². The zero-order valence-corrected chi connectivity index (χ0v) is 14.0. The molecule has 2 unspecified atom stereocenters. The highest BCUT2D eigenvalue weighted by atomic mass is 32.2. The van der Waals surface area contributed by atoms with E-state index in [1.165, 1.54) is 25.0 Å². The van der Waals surface area contributed by atoms with Crippen molar-refractivity contribution in [1.82, 2.24) is 9.97 Å². The van der Waals surface area contributed by atoms with Gasteiger partial charge in [-0.25, -0.2) is 9.97 Å². The van der Waals surface area contributed by atoms with Crippen LogP contribution in [0.15, 0.2) is 6.07 Å². The molecule has 0 spiro atoms. The van der Waals surface area contributed by atoms with E-state index in [1.54, 1.807) is 7.11 Å². The Balaban J connectivity index is 2.01. The molecule has 0 bridgehead atoms. The minimum absolute atomic E-state index is 0.437. The number of rotatable bonds is 8. The SMILES string of the molecule is CCNc1cc(NC2CCC(SCC)C2)nc(COC)n1. The fraction of sp³-hybridized carbons (Fsp3) is 0.733. The first-order valence-corrected chi connectivity index (χ1v) is 8.78. The zero-order valence-electron chi connectivity index (χ0n) is 13.2. The molecule has 0 saturated heterocycles. The Hall–Kier alpha value is -1.01. The lowest BCUT2D eigenvalue weighted by Crippen LogP contribution is -2.18. The molecular formula is C15H26N4OS. The van der Waals surface area contributed by atoms with Crippen molar-refractivity contribution in [3.8, 4) is 0 Å². The quantitative estimate of drug-likeness (QED) is 0.769. The molecule has 0 radical (unpaired) electrons. The van der Waals surface area contributed by atoms with Gasteiger partial charge in [-0.3, -0.25) is 0 Å². The van der Waals surface area contributed by atoms with Crippen molar-refractivity contribution >= 4 is 23.4 Å². The fourth-order valence-electron chi connectivity index (χ4n) is 2.70. The third kappa shape index (κ3) is 5.04. The maximum Gasteiger partial charge on any atom is 0.158 e. The maximum atomic E-state index is 5.15.